The fourth-order valence-corrected chi connectivity index (χ4v) is 3.13. The molecular formula is C22H24N4O3. The van der Waals surface area contributed by atoms with Crippen molar-refractivity contribution in [3.05, 3.63) is 75.8 Å². The minimum Gasteiger partial charge on any atom is -0.352 e. The number of rotatable bonds is 7. The Balaban J connectivity index is 1.60. The molecule has 3 aromatic rings. The number of nitrogens with zero attached hydrogens (tertiary/aromatic N) is 2. The molecule has 1 aromatic heterocycles. The molecule has 0 saturated carbocycles. The van der Waals surface area contributed by atoms with E-state index in [1.54, 1.807) is 29.2 Å². The summed E-state index contributed by atoms with van der Waals surface area (Å²) in [4.78, 5) is 45.8. The number of nitrogens with one attached hydrogen (secondary N) is 2. The number of para-hydroxylation sites is 1. The van der Waals surface area contributed by atoms with Gasteiger partial charge in [0.25, 0.3) is 11.5 Å². The number of aryl methyl sites for hydroxylation is 1. The molecule has 150 valence electrons. The van der Waals surface area contributed by atoms with E-state index < -0.39 is 0 Å². The van der Waals surface area contributed by atoms with Crippen LogP contribution < -0.4 is 10.9 Å². The third-order valence-electron chi connectivity index (χ3n) is 4.75. The largest absolute Gasteiger partial charge is 0.352 e. The Morgan fingerprint density at radius 2 is 1.83 bits per heavy atom. The fraction of sp³-hybridized carbons (Fsp3) is 0.273. The second-order valence-electron chi connectivity index (χ2n) is 6.76. The van der Waals surface area contributed by atoms with Gasteiger partial charge in [0.2, 0.25) is 5.91 Å². The standard InChI is InChI=1S/C22H24N4O3/c1-3-26(14-19-24-18-11-7-6-10-17(18)22(29)25-19)20(27)12-13-23-21(28)16-9-5-4-8-15(16)2/h4-11H,3,12-14H2,1-2H3,(H,23,28)(H,24,25,29). The quantitative estimate of drug-likeness (QED) is 0.645. The highest BCUT2D eigenvalue weighted by molar-refractivity contribution is 5.95. The molecule has 3 rings (SSSR count). The van der Waals surface area contributed by atoms with E-state index in [-0.39, 0.29) is 36.9 Å². The summed E-state index contributed by atoms with van der Waals surface area (Å²) in [6, 6.07) is 14.4. The summed E-state index contributed by atoms with van der Waals surface area (Å²) in [6.45, 7) is 4.66. The van der Waals surface area contributed by atoms with Crippen molar-refractivity contribution in [2.75, 3.05) is 13.1 Å². The number of carbonyl (C=O) groups is 2. The van der Waals surface area contributed by atoms with E-state index in [0.717, 1.165) is 5.56 Å². The molecule has 2 amide bonds. The number of H-pyrrole nitrogens is 1. The number of carbonyl (C=O) groups excluding carboxylic acids is 2. The van der Waals surface area contributed by atoms with Crippen LogP contribution in [0, 0.1) is 6.92 Å². The van der Waals surface area contributed by atoms with E-state index in [4.69, 9.17) is 0 Å². The summed E-state index contributed by atoms with van der Waals surface area (Å²) < 4.78 is 0. The second kappa shape index (κ2) is 9.14. The van der Waals surface area contributed by atoms with Crippen LogP contribution in [0.4, 0.5) is 0 Å². The van der Waals surface area contributed by atoms with Crippen LogP contribution in [0.25, 0.3) is 10.9 Å². The van der Waals surface area contributed by atoms with Gasteiger partial charge in [0.05, 0.1) is 17.4 Å². The average Bonchev–Trinajstić information content (AvgIpc) is 2.72. The van der Waals surface area contributed by atoms with Crippen molar-refractivity contribution in [3.63, 3.8) is 0 Å². The average molecular weight is 392 g/mol. The zero-order chi connectivity index (χ0) is 20.8. The first kappa shape index (κ1) is 20.3. The van der Waals surface area contributed by atoms with Crippen LogP contribution >= 0.6 is 0 Å². The van der Waals surface area contributed by atoms with Gasteiger partial charge in [-0.2, -0.15) is 0 Å². The van der Waals surface area contributed by atoms with E-state index in [1.165, 1.54) is 0 Å². The van der Waals surface area contributed by atoms with Gasteiger partial charge in [-0.15, -0.1) is 0 Å². The Morgan fingerprint density at radius 1 is 1.10 bits per heavy atom. The Bertz CT molecular complexity index is 1090. The van der Waals surface area contributed by atoms with Gasteiger partial charge in [-0.1, -0.05) is 30.3 Å². The van der Waals surface area contributed by atoms with Crippen molar-refractivity contribution in [2.24, 2.45) is 0 Å². The summed E-state index contributed by atoms with van der Waals surface area (Å²) in [6.07, 6.45) is 0.170. The van der Waals surface area contributed by atoms with Crippen molar-refractivity contribution in [1.29, 1.82) is 0 Å². The molecule has 2 aromatic carbocycles. The molecular weight excluding hydrogens is 368 g/mol. The molecule has 0 saturated heterocycles. The molecule has 7 heteroatoms. The maximum atomic E-state index is 12.6. The zero-order valence-corrected chi connectivity index (χ0v) is 16.6. The first-order valence-corrected chi connectivity index (χ1v) is 9.59. The highest BCUT2D eigenvalue weighted by Crippen LogP contribution is 2.09. The van der Waals surface area contributed by atoms with Crippen molar-refractivity contribution in [1.82, 2.24) is 20.2 Å². The van der Waals surface area contributed by atoms with Crippen molar-refractivity contribution in [3.8, 4) is 0 Å². The molecule has 0 unspecified atom stereocenters. The Hall–Kier alpha value is -3.48. The van der Waals surface area contributed by atoms with E-state index in [1.807, 2.05) is 38.1 Å². The minimum absolute atomic E-state index is 0.117. The van der Waals surface area contributed by atoms with Gasteiger partial charge in [-0.3, -0.25) is 14.4 Å². The van der Waals surface area contributed by atoms with Gasteiger partial charge in [0, 0.05) is 25.1 Å². The number of amides is 2. The van der Waals surface area contributed by atoms with Crippen LogP contribution in [-0.2, 0) is 11.3 Å². The first-order valence-electron chi connectivity index (χ1n) is 9.59. The van der Waals surface area contributed by atoms with E-state index in [2.05, 4.69) is 15.3 Å². The van der Waals surface area contributed by atoms with Crippen molar-refractivity contribution < 1.29 is 9.59 Å². The van der Waals surface area contributed by atoms with Crippen LogP contribution in [0.5, 0.6) is 0 Å². The highest BCUT2D eigenvalue weighted by Gasteiger charge is 2.15. The molecule has 1 heterocycles. The molecule has 29 heavy (non-hydrogen) atoms. The van der Waals surface area contributed by atoms with Gasteiger partial charge in [0.1, 0.15) is 5.82 Å². The molecule has 0 radical (unpaired) electrons. The van der Waals surface area contributed by atoms with Crippen molar-refractivity contribution >= 4 is 22.7 Å². The van der Waals surface area contributed by atoms with Gasteiger partial charge in [0.15, 0.2) is 0 Å². The normalized spacial score (nSPS) is 10.7. The molecule has 0 aliphatic heterocycles. The van der Waals surface area contributed by atoms with E-state index in [0.29, 0.717) is 28.8 Å². The summed E-state index contributed by atoms with van der Waals surface area (Å²) in [5, 5.41) is 3.31. The number of benzene rings is 2. The first-order chi connectivity index (χ1) is 14.0. The van der Waals surface area contributed by atoms with Crippen LogP contribution in [0.1, 0.15) is 35.1 Å². The van der Waals surface area contributed by atoms with E-state index >= 15 is 0 Å². The Kier molecular flexibility index (Phi) is 6.39. The topological polar surface area (TPSA) is 95.2 Å². The minimum atomic E-state index is -0.223. The predicted molar refractivity (Wildman–Crippen MR) is 112 cm³/mol. The van der Waals surface area contributed by atoms with Gasteiger partial charge in [-0.25, -0.2) is 4.98 Å². The van der Waals surface area contributed by atoms with Gasteiger partial charge >= 0.3 is 0 Å². The number of fused-ring (bicyclic) bond motifs is 1. The molecule has 0 atom stereocenters. The number of aromatic nitrogens is 2. The predicted octanol–water partition coefficient (Wildman–Crippen LogP) is 2.40. The molecule has 2 N–H and O–H groups in total. The lowest BCUT2D eigenvalue weighted by atomic mass is 10.1. The maximum absolute atomic E-state index is 12.6. The monoisotopic (exact) mass is 392 g/mol. The summed E-state index contributed by atoms with van der Waals surface area (Å²) in [5.74, 6) is 0.126. The van der Waals surface area contributed by atoms with Crippen LogP contribution in [0.15, 0.2) is 53.3 Å². The fourth-order valence-electron chi connectivity index (χ4n) is 3.13. The third-order valence-corrected chi connectivity index (χ3v) is 4.75. The SMILES string of the molecule is CCN(Cc1nc2ccccc2c(=O)[nH]1)C(=O)CCNC(=O)c1ccccc1C. The lowest BCUT2D eigenvalue weighted by molar-refractivity contribution is -0.131. The maximum Gasteiger partial charge on any atom is 0.258 e. The molecule has 0 fully saturated rings. The summed E-state index contributed by atoms with van der Waals surface area (Å²) in [5.41, 5.74) is 1.86. The summed E-state index contributed by atoms with van der Waals surface area (Å²) >= 11 is 0. The number of hydrogen-bond acceptors (Lipinski definition) is 4. The van der Waals surface area contributed by atoms with Crippen LogP contribution in [-0.4, -0.2) is 39.8 Å². The molecule has 0 spiro atoms. The van der Waals surface area contributed by atoms with E-state index in [9.17, 15) is 14.4 Å². The number of hydrogen-bond donors (Lipinski definition) is 2. The van der Waals surface area contributed by atoms with Crippen molar-refractivity contribution in [2.45, 2.75) is 26.8 Å². The highest BCUT2D eigenvalue weighted by atomic mass is 16.2. The molecule has 0 bridgehead atoms. The van der Waals surface area contributed by atoms with Gasteiger partial charge < -0.3 is 15.2 Å². The molecule has 0 aliphatic rings. The van der Waals surface area contributed by atoms with Gasteiger partial charge in [-0.05, 0) is 37.6 Å². The lowest BCUT2D eigenvalue weighted by Crippen LogP contribution is -2.35. The van der Waals surface area contributed by atoms with Crippen LogP contribution in [0.2, 0.25) is 0 Å². The zero-order valence-electron chi connectivity index (χ0n) is 16.6. The number of aromatic amines is 1. The van der Waals surface area contributed by atoms with Crippen LogP contribution in [0.3, 0.4) is 0 Å². The lowest BCUT2D eigenvalue weighted by Gasteiger charge is -2.20. The smallest absolute Gasteiger partial charge is 0.258 e. The molecule has 0 aliphatic carbocycles. The third kappa shape index (κ3) is 4.87. The summed E-state index contributed by atoms with van der Waals surface area (Å²) in [7, 11) is 0. The Morgan fingerprint density at radius 3 is 2.59 bits per heavy atom. The second-order valence-corrected chi connectivity index (χ2v) is 6.76. The Labute approximate surface area is 168 Å². The molecule has 7 nitrogen and oxygen atoms in total.